The van der Waals surface area contributed by atoms with Gasteiger partial charge in [0, 0.05) is 6.54 Å². The number of benzene rings is 2. The molecule has 0 saturated heterocycles. The highest BCUT2D eigenvalue weighted by Gasteiger charge is 2.25. The largest absolute Gasteiger partial charge is 0.505 e. The fraction of sp³-hybridized carbons (Fsp3) is 0.261. The summed E-state index contributed by atoms with van der Waals surface area (Å²) in [6, 6.07) is 13.8. The zero-order valence-corrected chi connectivity index (χ0v) is 17.3. The molecule has 0 aliphatic heterocycles. The molecule has 0 heterocycles. The van der Waals surface area contributed by atoms with Gasteiger partial charge in [0.05, 0.1) is 23.4 Å². The number of amides is 1. The first-order valence-corrected chi connectivity index (χ1v) is 10.0. The van der Waals surface area contributed by atoms with Crippen LogP contribution in [0.15, 0.2) is 58.1 Å². The van der Waals surface area contributed by atoms with Crippen LogP contribution in [-0.2, 0) is 0 Å². The van der Waals surface area contributed by atoms with Crippen molar-refractivity contribution < 1.29 is 15.0 Å². The van der Waals surface area contributed by atoms with E-state index in [1.54, 1.807) is 0 Å². The van der Waals surface area contributed by atoms with Crippen molar-refractivity contribution in [1.82, 2.24) is 5.32 Å². The summed E-state index contributed by atoms with van der Waals surface area (Å²) >= 11 is 0. The van der Waals surface area contributed by atoms with Crippen molar-refractivity contribution in [1.29, 1.82) is 0 Å². The quantitative estimate of drug-likeness (QED) is 0.264. The highest BCUT2D eigenvalue weighted by atomic mass is 16.3. The Hall–Kier alpha value is -3.65. The summed E-state index contributed by atoms with van der Waals surface area (Å²) in [6.45, 7) is 3.52. The minimum Gasteiger partial charge on any atom is -0.505 e. The first-order chi connectivity index (χ1) is 14.8. The number of hydrogen-bond donors (Lipinski definition) is 5. The first-order valence-electron chi connectivity index (χ1n) is 10.0. The number of phenolic OH excluding ortho intramolecular Hbond substituents is 1. The number of hydrogen-bond acceptors (Lipinski definition) is 7. The van der Waals surface area contributed by atoms with Gasteiger partial charge in [0.25, 0.3) is 16.8 Å². The van der Waals surface area contributed by atoms with Crippen LogP contribution in [0.5, 0.6) is 5.75 Å². The minimum absolute atomic E-state index is 0.0189. The van der Waals surface area contributed by atoms with Crippen LogP contribution in [0.3, 0.4) is 0 Å². The maximum Gasteiger partial charge on any atom is 0.255 e. The van der Waals surface area contributed by atoms with Crippen LogP contribution < -0.4 is 26.8 Å². The van der Waals surface area contributed by atoms with Gasteiger partial charge in [-0.1, -0.05) is 43.3 Å². The first kappa shape index (κ1) is 22.0. The lowest BCUT2D eigenvalue weighted by atomic mass is 10.0. The number of aromatic hydroxyl groups is 1. The highest BCUT2D eigenvalue weighted by Crippen LogP contribution is 2.32. The van der Waals surface area contributed by atoms with Gasteiger partial charge < -0.3 is 26.2 Å². The molecule has 1 amide bonds. The Morgan fingerprint density at radius 3 is 2.32 bits per heavy atom. The second-order valence-corrected chi connectivity index (χ2v) is 7.31. The maximum atomic E-state index is 12.3. The maximum absolute atomic E-state index is 12.3. The van der Waals surface area contributed by atoms with Gasteiger partial charge in [-0.15, -0.1) is 0 Å². The molecule has 0 aromatic heterocycles. The van der Waals surface area contributed by atoms with Crippen molar-refractivity contribution in [3.05, 3.63) is 80.1 Å². The summed E-state index contributed by atoms with van der Waals surface area (Å²) in [5.41, 5.74) is -0.0814. The highest BCUT2D eigenvalue weighted by molar-refractivity contribution is 5.99. The second kappa shape index (κ2) is 9.44. The number of carbonyl (C=O) groups excluding carboxylic acids is 1. The number of aliphatic hydroxyl groups excluding tert-OH is 1. The number of anilines is 3. The summed E-state index contributed by atoms with van der Waals surface area (Å²) in [5.74, 6) is -0.930. The zero-order valence-electron chi connectivity index (χ0n) is 17.3. The molecule has 0 spiro atoms. The number of nitrogens with one attached hydrogen (secondary N) is 3. The van der Waals surface area contributed by atoms with Crippen molar-refractivity contribution in [3.8, 4) is 5.75 Å². The molecule has 0 aliphatic carbocycles. The van der Waals surface area contributed by atoms with Crippen molar-refractivity contribution in [3.63, 3.8) is 0 Å². The number of phenols is 1. The van der Waals surface area contributed by atoms with Crippen LogP contribution in [0.25, 0.3) is 0 Å². The molecule has 0 radical (unpaired) electrons. The Labute approximate surface area is 179 Å². The minimum atomic E-state index is -0.735. The zero-order chi connectivity index (χ0) is 22.5. The molecule has 31 heavy (non-hydrogen) atoms. The number of aliphatic hydroxyl groups is 1. The number of para-hydroxylation sites is 1. The van der Waals surface area contributed by atoms with Crippen LogP contribution >= 0.6 is 0 Å². The van der Waals surface area contributed by atoms with Crippen LogP contribution in [0.1, 0.15) is 42.2 Å². The molecule has 0 bridgehead atoms. The summed E-state index contributed by atoms with van der Waals surface area (Å²) in [7, 11) is 0. The van der Waals surface area contributed by atoms with Crippen molar-refractivity contribution in [2.45, 2.75) is 32.4 Å². The van der Waals surface area contributed by atoms with Gasteiger partial charge in [0.2, 0.25) is 0 Å². The Kier molecular flexibility index (Phi) is 6.71. The molecular weight excluding hydrogens is 398 g/mol. The third-order valence-electron chi connectivity index (χ3n) is 4.94. The van der Waals surface area contributed by atoms with E-state index in [9.17, 15) is 24.6 Å². The Morgan fingerprint density at radius 2 is 1.68 bits per heavy atom. The molecular formula is C23H25N3O5. The van der Waals surface area contributed by atoms with E-state index in [4.69, 9.17) is 0 Å². The van der Waals surface area contributed by atoms with Gasteiger partial charge in [0.1, 0.15) is 11.4 Å². The monoisotopic (exact) mass is 423 g/mol. The van der Waals surface area contributed by atoms with E-state index in [1.807, 2.05) is 37.3 Å². The van der Waals surface area contributed by atoms with E-state index in [-0.39, 0.29) is 41.0 Å². The van der Waals surface area contributed by atoms with E-state index in [1.165, 1.54) is 25.1 Å². The van der Waals surface area contributed by atoms with Gasteiger partial charge in [-0.25, -0.2) is 0 Å². The van der Waals surface area contributed by atoms with E-state index in [2.05, 4.69) is 16.0 Å². The van der Waals surface area contributed by atoms with Crippen molar-refractivity contribution in [2.75, 3.05) is 17.2 Å². The van der Waals surface area contributed by atoms with E-state index < -0.39 is 22.9 Å². The molecule has 5 N–H and O–H groups in total. The van der Waals surface area contributed by atoms with E-state index in [0.717, 1.165) is 5.56 Å². The van der Waals surface area contributed by atoms with E-state index in [0.29, 0.717) is 6.42 Å². The second-order valence-electron chi connectivity index (χ2n) is 7.31. The molecule has 3 aromatic rings. The van der Waals surface area contributed by atoms with Crippen LogP contribution in [0.4, 0.5) is 17.1 Å². The number of carbonyl (C=O) groups is 1. The molecule has 8 heteroatoms. The van der Waals surface area contributed by atoms with Gasteiger partial charge in [-0.2, -0.15) is 0 Å². The SMILES string of the molecule is CC[C@@H](Nc1c(Nc2cccc(C(=O)NCC(C)O)c2O)c(=O)c1=O)c1ccccc1. The molecule has 3 aromatic carbocycles. The lowest BCUT2D eigenvalue weighted by molar-refractivity contribution is 0.0921. The Morgan fingerprint density at radius 1 is 1.00 bits per heavy atom. The fourth-order valence-electron chi connectivity index (χ4n) is 3.23. The molecule has 0 aliphatic rings. The predicted molar refractivity (Wildman–Crippen MR) is 120 cm³/mol. The number of rotatable bonds is 9. The summed E-state index contributed by atoms with van der Waals surface area (Å²) < 4.78 is 0. The summed E-state index contributed by atoms with van der Waals surface area (Å²) in [4.78, 5) is 36.6. The lowest BCUT2D eigenvalue weighted by Gasteiger charge is -2.22. The normalized spacial score (nSPS) is 12.9. The van der Waals surface area contributed by atoms with Gasteiger partial charge >= 0.3 is 0 Å². The lowest BCUT2D eigenvalue weighted by Crippen LogP contribution is -2.37. The van der Waals surface area contributed by atoms with Crippen molar-refractivity contribution >= 4 is 23.0 Å². The third kappa shape index (κ3) is 4.75. The average Bonchev–Trinajstić information content (AvgIpc) is 2.78. The van der Waals surface area contributed by atoms with Crippen molar-refractivity contribution in [2.24, 2.45) is 0 Å². The van der Waals surface area contributed by atoms with Gasteiger partial charge in [-0.3, -0.25) is 14.4 Å². The van der Waals surface area contributed by atoms with Gasteiger partial charge in [0.15, 0.2) is 5.75 Å². The Bertz CT molecular complexity index is 1130. The van der Waals surface area contributed by atoms with E-state index >= 15 is 0 Å². The molecule has 2 atom stereocenters. The molecule has 3 rings (SSSR count). The smallest absolute Gasteiger partial charge is 0.255 e. The van der Waals surface area contributed by atoms with Crippen LogP contribution in [0, 0.1) is 0 Å². The topological polar surface area (TPSA) is 128 Å². The summed E-state index contributed by atoms with van der Waals surface area (Å²) in [5, 5.41) is 28.2. The van der Waals surface area contributed by atoms with Crippen LogP contribution in [0.2, 0.25) is 0 Å². The molecule has 8 nitrogen and oxygen atoms in total. The molecule has 162 valence electrons. The average molecular weight is 423 g/mol. The molecule has 0 fully saturated rings. The predicted octanol–water partition coefficient (Wildman–Crippen LogP) is 2.41. The summed E-state index contributed by atoms with van der Waals surface area (Å²) in [6.07, 6.45) is -0.0483. The van der Waals surface area contributed by atoms with Crippen LogP contribution in [-0.4, -0.2) is 28.8 Å². The standard InChI is InChI=1S/C23H25N3O5/c1-3-16(14-8-5-4-6-9-14)25-18-19(22(30)21(18)29)26-17-11-7-10-15(20(17)28)23(31)24-12-13(2)27/h4-11,13,16,25-28H,3,12H2,1-2H3,(H,24,31)/t13?,16-/m1/s1. The molecule has 0 saturated carbocycles. The molecule has 1 unspecified atom stereocenters. The Balaban J connectivity index is 1.84. The third-order valence-corrected chi connectivity index (χ3v) is 4.94. The fourth-order valence-corrected chi connectivity index (χ4v) is 3.23. The van der Waals surface area contributed by atoms with Gasteiger partial charge in [-0.05, 0) is 31.0 Å².